The minimum absolute atomic E-state index is 0.0734. The van der Waals surface area contributed by atoms with Crippen LogP contribution in [-0.2, 0) is 13.1 Å². The van der Waals surface area contributed by atoms with Crippen molar-refractivity contribution in [2.45, 2.75) is 33.0 Å². The maximum Gasteiger partial charge on any atom is 0.273 e. The highest BCUT2D eigenvalue weighted by atomic mass is 16.3. The molecule has 5 nitrogen and oxygen atoms in total. The van der Waals surface area contributed by atoms with Gasteiger partial charge in [0.2, 0.25) is 0 Å². The summed E-state index contributed by atoms with van der Waals surface area (Å²) in [5.74, 6) is 0.757. The molecule has 0 radical (unpaired) electrons. The molecule has 134 valence electrons. The van der Waals surface area contributed by atoms with Gasteiger partial charge in [-0.15, -0.1) is 0 Å². The van der Waals surface area contributed by atoms with Crippen molar-refractivity contribution >= 4 is 11.6 Å². The second-order valence-electron chi connectivity index (χ2n) is 6.38. The van der Waals surface area contributed by atoms with E-state index < -0.39 is 0 Å². The molecule has 5 heteroatoms. The van der Waals surface area contributed by atoms with Crippen LogP contribution in [0.4, 0.5) is 5.69 Å². The molecule has 0 aliphatic carbocycles. The van der Waals surface area contributed by atoms with Gasteiger partial charge < -0.3 is 14.6 Å². The zero-order chi connectivity index (χ0) is 18.4. The van der Waals surface area contributed by atoms with Gasteiger partial charge in [0.25, 0.3) is 5.91 Å². The first kappa shape index (κ1) is 17.7. The highest BCUT2D eigenvalue weighted by molar-refractivity contribution is 5.93. The van der Waals surface area contributed by atoms with Crippen LogP contribution >= 0.6 is 0 Å². The Hall–Kier alpha value is -3.08. The first-order valence-electron chi connectivity index (χ1n) is 8.70. The molecule has 0 saturated carbocycles. The lowest BCUT2D eigenvalue weighted by atomic mass is 10.1. The second-order valence-corrected chi connectivity index (χ2v) is 6.38. The van der Waals surface area contributed by atoms with E-state index in [2.05, 4.69) is 10.3 Å². The average molecular weight is 349 g/mol. The monoisotopic (exact) mass is 349 g/mol. The number of benzene rings is 1. The van der Waals surface area contributed by atoms with Gasteiger partial charge >= 0.3 is 0 Å². The average Bonchev–Trinajstić information content (AvgIpc) is 3.18. The molecule has 1 amide bonds. The fourth-order valence-corrected chi connectivity index (χ4v) is 2.68. The third-order valence-corrected chi connectivity index (χ3v) is 4.11. The predicted octanol–water partition coefficient (Wildman–Crippen LogP) is 4.34. The Bertz CT molecular complexity index is 829. The van der Waals surface area contributed by atoms with Gasteiger partial charge in [0.15, 0.2) is 0 Å². The van der Waals surface area contributed by atoms with E-state index in [9.17, 15) is 4.79 Å². The molecule has 0 saturated heterocycles. The highest BCUT2D eigenvalue weighted by Gasteiger charge is 2.20. The lowest BCUT2D eigenvalue weighted by molar-refractivity contribution is 0.0684. The number of anilines is 1. The topological polar surface area (TPSA) is 58.4 Å². The molecule has 26 heavy (non-hydrogen) atoms. The van der Waals surface area contributed by atoms with Crippen molar-refractivity contribution in [3.05, 3.63) is 84.1 Å². The number of rotatable bonds is 7. The van der Waals surface area contributed by atoms with E-state index in [4.69, 9.17) is 4.42 Å². The van der Waals surface area contributed by atoms with E-state index in [1.165, 1.54) is 0 Å². The summed E-state index contributed by atoms with van der Waals surface area (Å²) in [6.07, 6.45) is 3.29. The van der Waals surface area contributed by atoms with Crippen molar-refractivity contribution in [2.24, 2.45) is 0 Å². The van der Waals surface area contributed by atoms with E-state index in [1.54, 1.807) is 18.5 Å². The summed E-state index contributed by atoms with van der Waals surface area (Å²) >= 11 is 0. The zero-order valence-electron chi connectivity index (χ0n) is 15.1. The highest BCUT2D eigenvalue weighted by Crippen LogP contribution is 2.16. The number of carbonyl (C=O) groups is 1. The summed E-state index contributed by atoms with van der Waals surface area (Å²) < 4.78 is 5.32. The third-order valence-electron chi connectivity index (χ3n) is 4.11. The van der Waals surface area contributed by atoms with Crippen LogP contribution in [0.1, 0.15) is 35.7 Å². The zero-order valence-corrected chi connectivity index (χ0v) is 15.1. The molecular formula is C21H23N3O2. The Labute approximate surface area is 153 Å². The summed E-state index contributed by atoms with van der Waals surface area (Å²) in [7, 11) is 0. The van der Waals surface area contributed by atoms with E-state index in [1.807, 2.05) is 67.3 Å². The number of aromatic nitrogens is 1. The van der Waals surface area contributed by atoms with Crippen LogP contribution in [-0.4, -0.2) is 21.8 Å². The lowest BCUT2D eigenvalue weighted by Gasteiger charge is -2.26. The fourth-order valence-electron chi connectivity index (χ4n) is 2.68. The van der Waals surface area contributed by atoms with Crippen LogP contribution < -0.4 is 5.32 Å². The largest absolute Gasteiger partial charge is 0.467 e. The number of nitrogens with zero attached hydrogens (tertiary/aromatic N) is 2. The summed E-state index contributed by atoms with van der Waals surface area (Å²) in [5.41, 5.74) is 2.36. The van der Waals surface area contributed by atoms with Crippen molar-refractivity contribution in [1.29, 1.82) is 0 Å². The molecule has 0 bridgehead atoms. The smallest absolute Gasteiger partial charge is 0.273 e. The number of carbonyl (C=O) groups excluding carboxylic acids is 1. The van der Waals surface area contributed by atoms with Gasteiger partial charge in [-0.25, -0.2) is 0 Å². The van der Waals surface area contributed by atoms with Crippen molar-refractivity contribution in [1.82, 2.24) is 9.88 Å². The van der Waals surface area contributed by atoms with Crippen LogP contribution in [0.3, 0.4) is 0 Å². The maximum absolute atomic E-state index is 13.0. The maximum atomic E-state index is 13.0. The minimum Gasteiger partial charge on any atom is -0.467 e. The summed E-state index contributed by atoms with van der Waals surface area (Å²) in [4.78, 5) is 19.1. The number of pyridine rings is 1. The van der Waals surface area contributed by atoms with Crippen molar-refractivity contribution in [2.75, 3.05) is 5.32 Å². The number of hydrogen-bond acceptors (Lipinski definition) is 4. The molecule has 3 rings (SSSR count). The Morgan fingerprint density at radius 3 is 2.65 bits per heavy atom. The van der Waals surface area contributed by atoms with Crippen LogP contribution in [0.5, 0.6) is 0 Å². The van der Waals surface area contributed by atoms with Gasteiger partial charge in [0.1, 0.15) is 11.5 Å². The summed E-state index contributed by atoms with van der Waals surface area (Å²) in [6.45, 7) is 5.14. The van der Waals surface area contributed by atoms with E-state index in [-0.39, 0.29) is 11.9 Å². The van der Waals surface area contributed by atoms with Crippen LogP contribution in [0.15, 0.2) is 71.5 Å². The summed E-state index contributed by atoms with van der Waals surface area (Å²) in [6, 6.07) is 17.4. The van der Waals surface area contributed by atoms with Gasteiger partial charge in [-0.05, 0) is 43.7 Å². The Balaban J connectivity index is 1.73. The molecule has 0 atom stereocenters. The van der Waals surface area contributed by atoms with E-state index in [0.717, 1.165) is 17.0 Å². The van der Waals surface area contributed by atoms with Crippen molar-refractivity contribution in [3.63, 3.8) is 0 Å². The normalized spacial score (nSPS) is 10.7. The first-order chi connectivity index (χ1) is 12.6. The molecule has 0 fully saturated rings. The molecule has 0 unspecified atom stereocenters. The third kappa shape index (κ3) is 4.51. The number of hydrogen-bond donors (Lipinski definition) is 1. The quantitative estimate of drug-likeness (QED) is 0.689. The molecule has 1 aromatic carbocycles. The standard InChI is InChI=1S/C21H23N3O2/c1-16(2)24(15-17-7-4-3-5-8-17)21(25)20-13-18(10-11-22-20)23-14-19-9-6-12-26-19/h3-13,16H,14-15H2,1-2H3,(H,22,23). The van der Waals surface area contributed by atoms with Crippen LogP contribution in [0.2, 0.25) is 0 Å². The van der Waals surface area contributed by atoms with Gasteiger partial charge in [-0.1, -0.05) is 30.3 Å². The Morgan fingerprint density at radius 1 is 1.15 bits per heavy atom. The Morgan fingerprint density at radius 2 is 1.96 bits per heavy atom. The van der Waals surface area contributed by atoms with Crippen LogP contribution in [0, 0.1) is 0 Å². The van der Waals surface area contributed by atoms with Crippen LogP contribution in [0.25, 0.3) is 0 Å². The van der Waals surface area contributed by atoms with E-state index >= 15 is 0 Å². The molecule has 1 N–H and O–H groups in total. The molecular weight excluding hydrogens is 326 g/mol. The van der Waals surface area contributed by atoms with Gasteiger partial charge in [-0.3, -0.25) is 9.78 Å². The number of nitrogens with one attached hydrogen (secondary N) is 1. The second kappa shape index (κ2) is 8.34. The molecule has 2 heterocycles. The number of amides is 1. The first-order valence-corrected chi connectivity index (χ1v) is 8.70. The van der Waals surface area contributed by atoms with Gasteiger partial charge in [-0.2, -0.15) is 0 Å². The fraction of sp³-hybridized carbons (Fsp3) is 0.238. The molecule has 0 aliphatic heterocycles. The number of furan rings is 1. The summed E-state index contributed by atoms with van der Waals surface area (Å²) in [5, 5.41) is 3.26. The van der Waals surface area contributed by atoms with Crippen molar-refractivity contribution < 1.29 is 9.21 Å². The molecule has 2 aromatic heterocycles. The van der Waals surface area contributed by atoms with Gasteiger partial charge in [0, 0.05) is 24.5 Å². The van der Waals surface area contributed by atoms with Crippen molar-refractivity contribution in [3.8, 4) is 0 Å². The minimum atomic E-state index is -0.0782. The predicted molar refractivity (Wildman–Crippen MR) is 102 cm³/mol. The molecule has 0 spiro atoms. The molecule has 3 aromatic rings. The molecule has 0 aliphatic rings. The SMILES string of the molecule is CC(C)N(Cc1ccccc1)C(=O)c1cc(NCc2ccco2)ccn1. The lowest BCUT2D eigenvalue weighted by Crippen LogP contribution is -2.36. The van der Waals surface area contributed by atoms with E-state index in [0.29, 0.717) is 18.8 Å². The Kier molecular flexibility index (Phi) is 5.69. The van der Waals surface area contributed by atoms with Gasteiger partial charge in [0.05, 0.1) is 12.8 Å².